The lowest BCUT2D eigenvalue weighted by atomic mass is 10.1. The Morgan fingerprint density at radius 1 is 1.00 bits per heavy atom. The van der Waals surface area contributed by atoms with Gasteiger partial charge >= 0.3 is 0 Å². The summed E-state index contributed by atoms with van der Waals surface area (Å²) in [7, 11) is 0. The molecule has 0 aliphatic carbocycles. The van der Waals surface area contributed by atoms with Crippen LogP contribution in [0.15, 0.2) is 53.0 Å². The molecule has 0 saturated heterocycles. The van der Waals surface area contributed by atoms with Crippen molar-refractivity contribution in [2.45, 2.75) is 6.92 Å². The molecule has 21 heavy (non-hydrogen) atoms. The third kappa shape index (κ3) is 2.74. The molecule has 3 nitrogen and oxygen atoms in total. The second-order valence-electron chi connectivity index (χ2n) is 4.79. The molecule has 0 saturated carbocycles. The number of benzene rings is 2. The standard InChI is InChI=1S/C17H12BrN3/c1-11-2-4-12(5-3-11)16-15(10-19)20-17(21-16)13-6-8-14(18)9-7-13/h2-9H,1H3,(H,20,21). The van der Waals surface area contributed by atoms with E-state index in [9.17, 15) is 5.26 Å². The molecule has 1 aromatic heterocycles. The number of aromatic nitrogens is 2. The predicted molar refractivity (Wildman–Crippen MR) is 86.6 cm³/mol. The number of imidazole rings is 1. The molecule has 3 rings (SSSR count). The molecule has 3 aromatic rings. The van der Waals surface area contributed by atoms with Crippen molar-refractivity contribution in [3.8, 4) is 28.7 Å². The van der Waals surface area contributed by atoms with Crippen LogP contribution in [0.25, 0.3) is 22.6 Å². The van der Waals surface area contributed by atoms with Crippen LogP contribution in [0.3, 0.4) is 0 Å². The molecule has 0 fully saturated rings. The largest absolute Gasteiger partial charge is 0.337 e. The van der Waals surface area contributed by atoms with E-state index in [-0.39, 0.29) is 0 Å². The first-order chi connectivity index (χ1) is 10.2. The number of H-pyrrole nitrogens is 1. The number of nitrogens with one attached hydrogen (secondary N) is 1. The van der Waals surface area contributed by atoms with Crippen molar-refractivity contribution in [1.29, 1.82) is 5.26 Å². The molecule has 0 atom stereocenters. The van der Waals surface area contributed by atoms with Crippen molar-refractivity contribution in [1.82, 2.24) is 9.97 Å². The molecule has 0 radical (unpaired) electrons. The highest BCUT2D eigenvalue weighted by molar-refractivity contribution is 9.10. The van der Waals surface area contributed by atoms with E-state index in [0.717, 1.165) is 21.3 Å². The molecular weight excluding hydrogens is 326 g/mol. The lowest BCUT2D eigenvalue weighted by molar-refractivity contribution is 1.29. The summed E-state index contributed by atoms with van der Waals surface area (Å²) < 4.78 is 1.01. The summed E-state index contributed by atoms with van der Waals surface area (Å²) in [6.07, 6.45) is 0. The number of hydrogen-bond acceptors (Lipinski definition) is 2. The molecule has 1 N–H and O–H groups in total. The van der Waals surface area contributed by atoms with Crippen molar-refractivity contribution in [3.63, 3.8) is 0 Å². The van der Waals surface area contributed by atoms with E-state index in [4.69, 9.17) is 0 Å². The van der Waals surface area contributed by atoms with E-state index in [0.29, 0.717) is 11.5 Å². The number of nitrogens with zero attached hydrogens (tertiary/aromatic N) is 2. The van der Waals surface area contributed by atoms with Gasteiger partial charge in [-0.3, -0.25) is 0 Å². The SMILES string of the molecule is Cc1ccc(-c2[nH]c(-c3ccc(Br)cc3)nc2C#N)cc1. The number of aryl methyl sites for hydroxylation is 1. The first kappa shape index (κ1) is 13.6. The van der Waals surface area contributed by atoms with Gasteiger partial charge in [-0.2, -0.15) is 5.26 Å². The number of halogens is 1. The van der Waals surface area contributed by atoms with Gasteiger partial charge in [0.25, 0.3) is 0 Å². The molecule has 102 valence electrons. The quantitative estimate of drug-likeness (QED) is 0.737. The van der Waals surface area contributed by atoms with E-state index < -0.39 is 0 Å². The number of aromatic amines is 1. The van der Waals surface area contributed by atoms with Gasteiger partial charge in [-0.25, -0.2) is 4.98 Å². The lowest BCUT2D eigenvalue weighted by Gasteiger charge is -1.99. The number of nitriles is 1. The molecule has 4 heteroatoms. The van der Waals surface area contributed by atoms with Crippen LogP contribution in [0.1, 0.15) is 11.3 Å². The first-order valence-corrected chi connectivity index (χ1v) is 7.30. The third-order valence-electron chi connectivity index (χ3n) is 3.27. The Kier molecular flexibility index (Phi) is 3.59. The summed E-state index contributed by atoms with van der Waals surface area (Å²) in [4.78, 5) is 7.65. The Bertz CT molecular complexity index is 809. The van der Waals surface area contributed by atoms with Crippen LogP contribution < -0.4 is 0 Å². The monoisotopic (exact) mass is 337 g/mol. The molecule has 0 aliphatic rings. The van der Waals surface area contributed by atoms with Crippen molar-refractivity contribution in [2.24, 2.45) is 0 Å². The van der Waals surface area contributed by atoms with Gasteiger partial charge in [-0.1, -0.05) is 57.9 Å². The Hall–Kier alpha value is -2.38. The van der Waals surface area contributed by atoms with E-state index in [1.165, 1.54) is 5.56 Å². The minimum Gasteiger partial charge on any atom is -0.337 e. The highest BCUT2D eigenvalue weighted by Gasteiger charge is 2.12. The lowest BCUT2D eigenvalue weighted by Crippen LogP contribution is -1.82. The normalized spacial score (nSPS) is 10.3. The van der Waals surface area contributed by atoms with Crippen LogP contribution in [0, 0.1) is 18.3 Å². The molecule has 0 aliphatic heterocycles. The Morgan fingerprint density at radius 2 is 1.62 bits per heavy atom. The summed E-state index contributed by atoms with van der Waals surface area (Å²) in [6, 6.07) is 18.0. The maximum Gasteiger partial charge on any atom is 0.166 e. The molecule has 0 unspecified atom stereocenters. The van der Waals surface area contributed by atoms with E-state index >= 15 is 0 Å². The fourth-order valence-electron chi connectivity index (χ4n) is 2.13. The average molecular weight is 338 g/mol. The van der Waals surface area contributed by atoms with E-state index in [2.05, 4.69) is 32.0 Å². The van der Waals surface area contributed by atoms with Gasteiger partial charge in [-0.15, -0.1) is 0 Å². The Balaban J connectivity index is 2.08. The van der Waals surface area contributed by atoms with Crippen LogP contribution in [0.5, 0.6) is 0 Å². The van der Waals surface area contributed by atoms with Gasteiger partial charge < -0.3 is 4.98 Å². The zero-order valence-electron chi connectivity index (χ0n) is 11.4. The highest BCUT2D eigenvalue weighted by atomic mass is 79.9. The van der Waals surface area contributed by atoms with Gasteiger partial charge in [0.05, 0.1) is 5.69 Å². The summed E-state index contributed by atoms with van der Waals surface area (Å²) in [6.45, 7) is 2.04. The maximum atomic E-state index is 9.30. The summed E-state index contributed by atoms with van der Waals surface area (Å²) in [5, 5.41) is 9.30. The summed E-state index contributed by atoms with van der Waals surface area (Å²) in [5.74, 6) is 0.703. The van der Waals surface area contributed by atoms with Crippen molar-refractivity contribution in [2.75, 3.05) is 0 Å². The van der Waals surface area contributed by atoms with Gasteiger partial charge in [-0.05, 0) is 19.1 Å². The minimum atomic E-state index is 0.414. The third-order valence-corrected chi connectivity index (χ3v) is 3.80. The smallest absolute Gasteiger partial charge is 0.166 e. The maximum absolute atomic E-state index is 9.30. The van der Waals surface area contributed by atoms with Crippen molar-refractivity contribution < 1.29 is 0 Å². The Labute approximate surface area is 131 Å². The van der Waals surface area contributed by atoms with Gasteiger partial charge in [0.2, 0.25) is 0 Å². The second-order valence-corrected chi connectivity index (χ2v) is 5.71. The van der Waals surface area contributed by atoms with Crippen LogP contribution in [-0.4, -0.2) is 9.97 Å². The molecule has 0 amide bonds. The van der Waals surface area contributed by atoms with Gasteiger partial charge in [0.15, 0.2) is 5.69 Å². The topological polar surface area (TPSA) is 52.5 Å². The van der Waals surface area contributed by atoms with Crippen LogP contribution in [0.4, 0.5) is 0 Å². The first-order valence-electron chi connectivity index (χ1n) is 6.50. The van der Waals surface area contributed by atoms with Crippen LogP contribution in [-0.2, 0) is 0 Å². The summed E-state index contributed by atoms with van der Waals surface area (Å²) in [5.41, 5.74) is 4.28. The molecule has 2 aromatic carbocycles. The van der Waals surface area contributed by atoms with Crippen LogP contribution in [0.2, 0.25) is 0 Å². The number of hydrogen-bond donors (Lipinski definition) is 1. The predicted octanol–water partition coefficient (Wildman–Crippen LogP) is 4.69. The summed E-state index contributed by atoms with van der Waals surface area (Å²) >= 11 is 3.41. The zero-order chi connectivity index (χ0) is 14.8. The molecule has 0 bridgehead atoms. The van der Waals surface area contributed by atoms with Crippen molar-refractivity contribution >= 4 is 15.9 Å². The van der Waals surface area contributed by atoms with Crippen LogP contribution >= 0.6 is 15.9 Å². The Morgan fingerprint density at radius 3 is 2.24 bits per heavy atom. The van der Waals surface area contributed by atoms with E-state index in [1.807, 2.05) is 55.5 Å². The highest BCUT2D eigenvalue weighted by Crippen LogP contribution is 2.26. The fourth-order valence-corrected chi connectivity index (χ4v) is 2.39. The second kappa shape index (κ2) is 5.55. The van der Waals surface area contributed by atoms with Gasteiger partial charge in [0, 0.05) is 15.6 Å². The molecule has 1 heterocycles. The van der Waals surface area contributed by atoms with E-state index in [1.54, 1.807) is 0 Å². The van der Waals surface area contributed by atoms with Gasteiger partial charge in [0.1, 0.15) is 11.9 Å². The fraction of sp³-hybridized carbons (Fsp3) is 0.0588. The minimum absolute atomic E-state index is 0.414. The average Bonchev–Trinajstić information content (AvgIpc) is 2.93. The molecular formula is C17H12BrN3. The number of rotatable bonds is 2. The molecule has 0 spiro atoms. The van der Waals surface area contributed by atoms with Crippen molar-refractivity contribution in [3.05, 3.63) is 64.3 Å². The zero-order valence-corrected chi connectivity index (χ0v) is 13.0.